The molecule has 2 aromatic heterocycles. The fourth-order valence-corrected chi connectivity index (χ4v) is 5.24. The number of thioether (sulfide) groups is 1. The van der Waals surface area contributed by atoms with Gasteiger partial charge in [0.2, 0.25) is 5.91 Å². The van der Waals surface area contributed by atoms with Gasteiger partial charge in [-0.3, -0.25) is 14.2 Å². The molecule has 2 aromatic carbocycles. The summed E-state index contributed by atoms with van der Waals surface area (Å²) >= 11 is 19.6. The highest BCUT2D eigenvalue weighted by Gasteiger charge is 2.29. The van der Waals surface area contributed by atoms with E-state index in [4.69, 9.17) is 34.8 Å². The van der Waals surface area contributed by atoms with Crippen LogP contribution in [-0.2, 0) is 4.79 Å². The maximum atomic E-state index is 13.2. The van der Waals surface area contributed by atoms with Crippen molar-refractivity contribution in [1.29, 1.82) is 0 Å². The Morgan fingerprint density at radius 1 is 1.16 bits per heavy atom. The number of nitrogens with one attached hydrogen (secondary N) is 1. The maximum Gasteiger partial charge on any atom is 0.265 e. The molecule has 0 bridgehead atoms. The Kier molecular flexibility index (Phi) is 5.63. The van der Waals surface area contributed by atoms with E-state index in [1.54, 1.807) is 45.6 Å². The van der Waals surface area contributed by atoms with E-state index in [0.717, 1.165) is 0 Å². The van der Waals surface area contributed by atoms with Gasteiger partial charge in [-0.15, -0.1) is 0 Å². The lowest BCUT2D eigenvalue weighted by Crippen LogP contribution is -2.27. The van der Waals surface area contributed by atoms with Crippen molar-refractivity contribution in [2.45, 2.75) is 17.6 Å². The number of nitrogens with zero attached hydrogens (tertiary/aromatic N) is 4. The minimum Gasteiger partial charge on any atom is -0.325 e. The third kappa shape index (κ3) is 3.88. The van der Waals surface area contributed by atoms with Gasteiger partial charge in [-0.05, 0) is 36.4 Å². The second kappa shape index (κ2) is 8.44. The summed E-state index contributed by atoms with van der Waals surface area (Å²) in [6.45, 7) is 0. The molecule has 3 heterocycles. The summed E-state index contributed by atoms with van der Waals surface area (Å²) in [5.41, 5.74) is 1.36. The zero-order valence-corrected chi connectivity index (χ0v) is 19.3. The minimum absolute atomic E-state index is 0.0956. The van der Waals surface area contributed by atoms with E-state index < -0.39 is 0 Å². The van der Waals surface area contributed by atoms with Gasteiger partial charge in [-0.1, -0.05) is 52.6 Å². The zero-order valence-electron chi connectivity index (χ0n) is 16.3. The number of fused-ring (bicyclic) bond motifs is 2. The van der Waals surface area contributed by atoms with Crippen LogP contribution in [0.25, 0.3) is 16.7 Å². The van der Waals surface area contributed by atoms with Crippen molar-refractivity contribution in [2.24, 2.45) is 0 Å². The molecule has 11 heteroatoms. The number of hydrogen-bond donors (Lipinski definition) is 1. The molecule has 1 aliphatic heterocycles. The van der Waals surface area contributed by atoms with Crippen LogP contribution in [0.4, 0.5) is 5.69 Å². The molecule has 0 saturated heterocycles. The fourth-order valence-electron chi connectivity index (χ4n) is 3.59. The van der Waals surface area contributed by atoms with Crippen LogP contribution in [0.5, 0.6) is 0 Å². The first-order valence-electron chi connectivity index (χ1n) is 9.54. The van der Waals surface area contributed by atoms with E-state index in [9.17, 15) is 9.59 Å². The molecule has 0 aliphatic carbocycles. The highest BCUT2D eigenvalue weighted by atomic mass is 35.5. The highest BCUT2D eigenvalue weighted by molar-refractivity contribution is 7.99. The van der Waals surface area contributed by atoms with Crippen molar-refractivity contribution < 1.29 is 4.79 Å². The Morgan fingerprint density at radius 2 is 1.97 bits per heavy atom. The smallest absolute Gasteiger partial charge is 0.265 e. The normalized spacial score (nSPS) is 15.2. The molecule has 162 valence electrons. The first-order valence-corrected chi connectivity index (χ1v) is 11.7. The Morgan fingerprint density at radius 3 is 2.78 bits per heavy atom. The lowest BCUT2D eigenvalue weighted by Gasteiger charge is -2.14. The molecule has 4 aromatic rings. The van der Waals surface area contributed by atoms with Gasteiger partial charge in [-0.25, -0.2) is 9.67 Å². The summed E-state index contributed by atoms with van der Waals surface area (Å²) in [4.78, 5) is 30.6. The fraction of sp³-hybridized carbons (Fsp3) is 0.143. The molecule has 1 N–H and O–H groups in total. The topological polar surface area (TPSA) is 81.8 Å². The van der Waals surface area contributed by atoms with Crippen LogP contribution in [0.2, 0.25) is 15.1 Å². The standard InChI is InChI=1S/C21H14Cl3N5O2S/c22-11-2-1-3-13(6-11)29-19-15(9-25-29)20(31)28-14(10-32-21(28)27-19)8-18(30)26-17-7-12(23)4-5-16(17)24/h1-7,9,14H,8,10H2,(H,26,30). The second-order valence-electron chi connectivity index (χ2n) is 7.18. The Bertz CT molecular complexity index is 1430. The highest BCUT2D eigenvalue weighted by Crippen LogP contribution is 2.34. The molecule has 5 rings (SSSR count). The van der Waals surface area contributed by atoms with Crippen molar-refractivity contribution in [1.82, 2.24) is 19.3 Å². The zero-order chi connectivity index (χ0) is 22.4. The molecule has 1 atom stereocenters. The van der Waals surface area contributed by atoms with Crippen LogP contribution in [-0.4, -0.2) is 31.0 Å². The molecule has 7 nitrogen and oxygen atoms in total. The third-order valence-corrected chi connectivity index (χ3v) is 6.94. The average Bonchev–Trinajstić information content (AvgIpc) is 3.36. The molecule has 0 fully saturated rings. The van der Waals surface area contributed by atoms with E-state index in [1.165, 1.54) is 18.0 Å². The first kappa shape index (κ1) is 21.3. The number of hydrogen-bond acceptors (Lipinski definition) is 5. The van der Waals surface area contributed by atoms with Gasteiger partial charge in [0.1, 0.15) is 5.39 Å². The van der Waals surface area contributed by atoms with Crippen LogP contribution < -0.4 is 10.9 Å². The number of halogens is 3. The lowest BCUT2D eigenvalue weighted by molar-refractivity contribution is -0.116. The van der Waals surface area contributed by atoms with Crippen LogP contribution >= 0.6 is 46.6 Å². The van der Waals surface area contributed by atoms with Crippen LogP contribution in [0, 0.1) is 0 Å². The van der Waals surface area contributed by atoms with E-state index in [-0.39, 0.29) is 23.9 Å². The van der Waals surface area contributed by atoms with Gasteiger partial charge in [-0.2, -0.15) is 5.10 Å². The largest absolute Gasteiger partial charge is 0.325 e. The second-order valence-corrected chi connectivity index (χ2v) is 9.45. The van der Waals surface area contributed by atoms with Crippen molar-refractivity contribution in [3.05, 3.63) is 74.1 Å². The van der Waals surface area contributed by atoms with Gasteiger partial charge in [0, 0.05) is 22.2 Å². The van der Waals surface area contributed by atoms with Gasteiger partial charge < -0.3 is 5.32 Å². The van der Waals surface area contributed by atoms with Gasteiger partial charge in [0.25, 0.3) is 5.56 Å². The van der Waals surface area contributed by atoms with E-state index in [0.29, 0.717) is 48.4 Å². The summed E-state index contributed by atoms with van der Waals surface area (Å²) in [7, 11) is 0. The molecule has 0 spiro atoms. The minimum atomic E-state index is -0.341. The van der Waals surface area contributed by atoms with E-state index in [1.807, 2.05) is 6.07 Å². The van der Waals surface area contributed by atoms with Crippen LogP contribution in [0.3, 0.4) is 0 Å². The van der Waals surface area contributed by atoms with Crippen molar-refractivity contribution in [3.8, 4) is 5.69 Å². The van der Waals surface area contributed by atoms with Crippen LogP contribution in [0.1, 0.15) is 12.5 Å². The SMILES string of the molecule is O=C(CC1CSc2nc3c(cnn3-c3cccc(Cl)c3)c(=O)n21)Nc1cc(Cl)ccc1Cl. The number of carbonyl (C=O) groups is 1. The predicted octanol–water partition coefficient (Wildman–Crippen LogP) is 5.22. The Hall–Kier alpha value is -2.52. The van der Waals surface area contributed by atoms with Gasteiger partial charge in [0.05, 0.1) is 28.6 Å². The predicted molar refractivity (Wildman–Crippen MR) is 128 cm³/mol. The monoisotopic (exact) mass is 505 g/mol. The quantitative estimate of drug-likeness (QED) is 0.384. The number of benzene rings is 2. The molecule has 0 radical (unpaired) electrons. The number of rotatable bonds is 4. The van der Waals surface area contributed by atoms with Crippen molar-refractivity contribution >= 4 is 69.2 Å². The third-order valence-electron chi connectivity index (χ3n) is 5.05. The molecule has 0 saturated carbocycles. The molecule has 1 aliphatic rings. The lowest BCUT2D eigenvalue weighted by atomic mass is 10.2. The summed E-state index contributed by atoms with van der Waals surface area (Å²) in [6, 6.07) is 11.7. The average molecular weight is 507 g/mol. The Labute approximate surface area is 201 Å². The maximum absolute atomic E-state index is 13.2. The summed E-state index contributed by atoms with van der Waals surface area (Å²) in [5, 5.41) is 9.43. The van der Waals surface area contributed by atoms with Crippen molar-refractivity contribution in [3.63, 3.8) is 0 Å². The van der Waals surface area contributed by atoms with E-state index in [2.05, 4.69) is 15.4 Å². The van der Waals surface area contributed by atoms with Crippen molar-refractivity contribution in [2.75, 3.05) is 11.1 Å². The van der Waals surface area contributed by atoms with Gasteiger partial charge >= 0.3 is 0 Å². The summed E-state index contributed by atoms with van der Waals surface area (Å²) < 4.78 is 3.15. The molecular weight excluding hydrogens is 493 g/mol. The van der Waals surface area contributed by atoms with Gasteiger partial charge in [0.15, 0.2) is 10.8 Å². The molecule has 32 heavy (non-hydrogen) atoms. The van der Waals surface area contributed by atoms with Crippen LogP contribution in [0.15, 0.2) is 58.6 Å². The number of aromatic nitrogens is 4. The Balaban J connectivity index is 1.45. The molecule has 1 unspecified atom stereocenters. The number of amides is 1. The molecular formula is C21H14Cl3N5O2S. The summed E-state index contributed by atoms with van der Waals surface area (Å²) in [6.07, 6.45) is 1.59. The molecule has 1 amide bonds. The number of anilines is 1. The number of carbonyl (C=O) groups excluding carboxylic acids is 1. The summed E-state index contributed by atoms with van der Waals surface area (Å²) in [5.74, 6) is 0.282. The first-order chi connectivity index (χ1) is 15.4. The van der Waals surface area contributed by atoms with E-state index >= 15 is 0 Å².